The Morgan fingerprint density at radius 2 is 1.70 bits per heavy atom. The minimum atomic E-state index is -3.71. The Bertz CT molecular complexity index is 949. The second-order valence-corrected chi connectivity index (χ2v) is 7.54. The molecule has 3 rings (SSSR count). The molecule has 0 aliphatic rings. The number of benzene rings is 2. The first kappa shape index (κ1) is 16.2. The summed E-state index contributed by atoms with van der Waals surface area (Å²) in [6.45, 7) is 0.0891. The van der Waals surface area contributed by atoms with E-state index in [2.05, 4.69) is 9.71 Å². The molecular formula is C16H12Cl2N2O2S. The molecule has 118 valence electrons. The third-order valence-electron chi connectivity index (χ3n) is 3.27. The van der Waals surface area contributed by atoms with Crippen LogP contribution in [0.1, 0.15) is 5.56 Å². The molecule has 0 unspecified atom stereocenters. The summed E-state index contributed by atoms with van der Waals surface area (Å²) in [4.78, 5) is 4.31. The first-order valence-electron chi connectivity index (χ1n) is 6.74. The number of para-hydroxylation sites is 1. The number of fused-ring (bicyclic) bond motifs is 1. The SMILES string of the molecule is O=S(=O)(NCc1cc(Cl)cc(Cl)c1)c1cccc2cccnc12. The Labute approximate surface area is 144 Å². The van der Waals surface area contributed by atoms with Crippen LogP contribution >= 0.6 is 23.2 Å². The minimum absolute atomic E-state index is 0.0891. The Balaban J connectivity index is 1.92. The number of halogens is 2. The molecule has 0 fully saturated rings. The lowest BCUT2D eigenvalue weighted by Crippen LogP contribution is -2.23. The molecule has 1 aromatic heterocycles. The number of sulfonamides is 1. The summed E-state index contributed by atoms with van der Waals surface area (Å²) in [6.07, 6.45) is 1.57. The highest BCUT2D eigenvalue weighted by atomic mass is 35.5. The summed E-state index contributed by atoms with van der Waals surface area (Å²) < 4.78 is 27.7. The third kappa shape index (κ3) is 3.64. The number of rotatable bonds is 4. The maximum absolute atomic E-state index is 12.6. The Morgan fingerprint density at radius 1 is 1.00 bits per heavy atom. The molecule has 0 saturated carbocycles. The summed E-state index contributed by atoms with van der Waals surface area (Å²) in [6, 6.07) is 13.5. The lowest BCUT2D eigenvalue weighted by molar-refractivity contribution is 0.582. The third-order valence-corrected chi connectivity index (χ3v) is 5.14. The van der Waals surface area contributed by atoms with E-state index < -0.39 is 10.0 Å². The highest BCUT2D eigenvalue weighted by Gasteiger charge is 2.17. The molecule has 0 aliphatic heterocycles. The smallest absolute Gasteiger partial charge is 0.243 e. The maximum Gasteiger partial charge on any atom is 0.243 e. The zero-order valence-corrected chi connectivity index (χ0v) is 14.2. The molecule has 0 spiro atoms. The zero-order chi connectivity index (χ0) is 16.4. The molecule has 0 amide bonds. The summed E-state index contributed by atoms with van der Waals surface area (Å²) in [5, 5.41) is 1.68. The topological polar surface area (TPSA) is 59.1 Å². The minimum Gasteiger partial charge on any atom is -0.255 e. The van der Waals surface area contributed by atoms with Crippen molar-refractivity contribution >= 4 is 44.1 Å². The Hall–Kier alpha value is -1.66. The van der Waals surface area contributed by atoms with Gasteiger partial charge in [0.05, 0.1) is 5.52 Å². The van der Waals surface area contributed by atoms with Gasteiger partial charge in [0.25, 0.3) is 0 Å². The van der Waals surface area contributed by atoms with Gasteiger partial charge in [0.15, 0.2) is 0 Å². The Kier molecular flexibility index (Phi) is 4.55. The molecule has 4 nitrogen and oxygen atoms in total. The fraction of sp³-hybridized carbons (Fsp3) is 0.0625. The van der Waals surface area contributed by atoms with E-state index in [1.165, 1.54) is 6.07 Å². The second kappa shape index (κ2) is 6.45. The van der Waals surface area contributed by atoms with E-state index in [0.717, 1.165) is 5.39 Å². The number of pyridine rings is 1. The van der Waals surface area contributed by atoms with Gasteiger partial charge in [-0.2, -0.15) is 0 Å². The van der Waals surface area contributed by atoms with Gasteiger partial charge in [-0.15, -0.1) is 0 Å². The lowest BCUT2D eigenvalue weighted by atomic mass is 10.2. The van der Waals surface area contributed by atoms with Gasteiger partial charge >= 0.3 is 0 Å². The predicted octanol–water partition coefficient (Wildman–Crippen LogP) is 4.02. The predicted molar refractivity (Wildman–Crippen MR) is 92.2 cm³/mol. The maximum atomic E-state index is 12.6. The molecular weight excluding hydrogens is 355 g/mol. The van der Waals surface area contributed by atoms with Crippen LogP contribution < -0.4 is 4.72 Å². The van der Waals surface area contributed by atoms with Crippen LogP contribution in [0, 0.1) is 0 Å². The van der Waals surface area contributed by atoms with Crippen molar-refractivity contribution in [3.63, 3.8) is 0 Å². The molecule has 0 bridgehead atoms. The van der Waals surface area contributed by atoms with E-state index in [-0.39, 0.29) is 11.4 Å². The van der Waals surface area contributed by atoms with Gasteiger partial charge in [-0.3, -0.25) is 4.98 Å². The van der Waals surface area contributed by atoms with E-state index in [4.69, 9.17) is 23.2 Å². The molecule has 3 aromatic rings. The first-order valence-corrected chi connectivity index (χ1v) is 8.98. The van der Waals surface area contributed by atoms with Crippen molar-refractivity contribution in [1.82, 2.24) is 9.71 Å². The molecule has 7 heteroatoms. The second-order valence-electron chi connectivity index (χ2n) is 4.93. The normalized spacial score (nSPS) is 11.7. The zero-order valence-electron chi connectivity index (χ0n) is 11.8. The van der Waals surface area contributed by atoms with E-state index in [1.807, 2.05) is 12.1 Å². The van der Waals surface area contributed by atoms with Crippen molar-refractivity contribution in [2.75, 3.05) is 0 Å². The summed E-state index contributed by atoms with van der Waals surface area (Å²) in [5.74, 6) is 0. The van der Waals surface area contributed by atoms with Crippen molar-refractivity contribution in [2.45, 2.75) is 11.4 Å². The van der Waals surface area contributed by atoms with Crippen molar-refractivity contribution in [3.05, 3.63) is 70.3 Å². The fourth-order valence-electron chi connectivity index (χ4n) is 2.26. The molecule has 0 saturated heterocycles. The first-order chi connectivity index (χ1) is 11.0. The van der Waals surface area contributed by atoms with Crippen molar-refractivity contribution in [3.8, 4) is 0 Å². The van der Waals surface area contributed by atoms with Crippen molar-refractivity contribution in [1.29, 1.82) is 0 Å². The quantitative estimate of drug-likeness (QED) is 0.758. The lowest BCUT2D eigenvalue weighted by Gasteiger charge is -2.09. The van der Waals surface area contributed by atoms with Gasteiger partial charge in [0.1, 0.15) is 4.90 Å². The van der Waals surface area contributed by atoms with Crippen LogP contribution in [0.5, 0.6) is 0 Å². The van der Waals surface area contributed by atoms with Gasteiger partial charge in [0.2, 0.25) is 10.0 Å². The molecule has 0 radical (unpaired) electrons. The molecule has 1 heterocycles. The van der Waals surface area contributed by atoms with E-state index >= 15 is 0 Å². The van der Waals surface area contributed by atoms with Gasteiger partial charge in [0, 0.05) is 28.2 Å². The standard InChI is InChI=1S/C16H12Cl2N2O2S/c17-13-7-11(8-14(18)9-13)10-20-23(21,22)15-5-1-3-12-4-2-6-19-16(12)15/h1-9,20H,10H2. The van der Waals surface area contributed by atoms with Crippen molar-refractivity contribution < 1.29 is 8.42 Å². The van der Waals surface area contributed by atoms with Crippen LogP contribution in [0.2, 0.25) is 10.0 Å². The average Bonchev–Trinajstić information content (AvgIpc) is 2.52. The molecule has 0 aliphatic carbocycles. The molecule has 2 aromatic carbocycles. The number of nitrogens with one attached hydrogen (secondary N) is 1. The summed E-state index contributed by atoms with van der Waals surface area (Å²) >= 11 is 11.8. The van der Waals surface area contributed by atoms with Gasteiger partial charge in [-0.1, -0.05) is 41.4 Å². The summed E-state index contributed by atoms with van der Waals surface area (Å²) in [5.41, 5.74) is 1.12. The largest absolute Gasteiger partial charge is 0.255 e. The average molecular weight is 367 g/mol. The number of aromatic nitrogens is 1. The van der Waals surface area contributed by atoms with Crippen LogP contribution in [0.4, 0.5) is 0 Å². The highest BCUT2D eigenvalue weighted by Crippen LogP contribution is 2.22. The summed E-state index contributed by atoms with van der Waals surface area (Å²) in [7, 11) is -3.71. The highest BCUT2D eigenvalue weighted by molar-refractivity contribution is 7.89. The van der Waals surface area contributed by atoms with Gasteiger partial charge in [-0.25, -0.2) is 13.1 Å². The Morgan fingerprint density at radius 3 is 2.43 bits per heavy atom. The monoisotopic (exact) mass is 366 g/mol. The van der Waals surface area contributed by atoms with E-state index in [9.17, 15) is 8.42 Å². The van der Waals surface area contributed by atoms with Crippen LogP contribution in [-0.4, -0.2) is 13.4 Å². The van der Waals surface area contributed by atoms with E-state index in [0.29, 0.717) is 21.1 Å². The van der Waals surface area contributed by atoms with Crippen LogP contribution in [-0.2, 0) is 16.6 Å². The number of hydrogen-bond donors (Lipinski definition) is 1. The van der Waals surface area contributed by atoms with Crippen LogP contribution in [0.3, 0.4) is 0 Å². The van der Waals surface area contributed by atoms with Gasteiger partial charge in [-0.05, 0) is 35.9 Å². The van der Waals surface area contributed by atoms with Crippen molar-refractivity contribution in [2.24, 2.45) is 0 Å². The molecule has 23 heavy (non-hydrogen) atoms. The van der Waals surface area contributed by atoms with Crippen LogP contribution in [0.25, 0.3) is 10.9 Å². The van der Waals surface area contributed by atoms with E-state index in [1.54, 1.807) is 36.5 Å². The number of hydrogen-bond acceptors (Lipinski definition) is 3. The fourth-order valence-corrected chi connectivity index (χ4v) is 4.03. The number of nitrogens with zero attached hydrogens (tertiary/aromatic N) is 1. The van der Waals surface area contributed by atoms with Gasteiger partial charge < -0.3 is 0 Å². The molecule has 1 N–H and O–H groups in total. The molecule has 0 atom stereocenters. The van der Waals surface area contributed by atoms with Crippen LogP contribution in [0.15, 0.2) is 59.6 Å².